The standard InChI is InChI=1S/C32H35N3O5/c1-35(2)16-15-32(36)24-18-26(38-4)34-31(40-6)28(24)27-22(13-10-14-25(27)37-3)29(32)23-17-21(19-33-30(23)39-5)20-11-8-7-9-12-20/h7-14,17-19,29,36H,15-16H2,1-6H3. The number of hydrogen-bond acceptors (Lipinski definition) is 8. The number of pyridine rings is 2. The largest absolute Gasteiger partial charge is 0.496 e. The molecule has 0 amide bonds. The van der Waals surface area contributed by atoms with Gasteiger partial charge in [-0.15, -0.1) is 0 Å². The lowest BCUT2D eigenvalue weighted by Crippen LogP contribution is -2.40. The van der Waals surface area contributed by atoms with Gasteiger partial charge in [-0.25, -0.2) is 4.98 Å². The van der Waals surface area contributed by atoms with Crippen LogP contribution >= 0.6 is 0 Å². The number of ether oxygens (including phenoxy) is 4. The molecule has 5 rings (SSSR count). The van der Waals surface area contributed by atoms with Crippen LogP contribution in [0.25, 0.3) is 22.3 Å². The van der Waals surface area contributed by atoms with Crippen LogP contribution in [0.3, 0.4) is 0 Å². The summed E-state index contributed by atoms with van der Waals surface area (Å²) in [6.45, 7) is 0.618. The molecule has 1 aliphatic rings. The van der Waals surface area contributed by atoms with Gasteiger partial charge in [0.05, 0.1) is 34.0 Å². The fourth-order valence-corrected chi connectivity index (χ4v) is 5.71. The van der Waals surface area contributed by atoms with Crippen LogP contribution in [-0.2, 0) is 5.60 Å². The molecule has 2 atom stereocenters. The Morgan fingerprint density at radius 3 is 2.20 bits per heavy atom. The zero-order chi connectivity index (χ0) is 28.4. The van der Waals surface area contributed by atoms with Gasteiger partial charge in [-0.05, 0) is 43.8 Å². The summed E-state index contributed by atoms with van der Waals surface area (Å²) in [5.41, 5.74) is 4.29. The molecule has 0 fully saturated rings. The molecular weight excluding hydrogens is 506 g/mol. The van der Waals surface area contributed by atoms with Crippen LogP contribution in [0, 0.1) is 0 Å². The Morgan fingerprint density at radius 1 is 0.800 bits per heavy atom. The molecule has 0 spiro atoms. The molecule has 0 aliphatic heterocycles. The predicted molar refractivity (Wildman–Crippen MR) is 154 cm³/mol. The minimum Gasteiger partial charge on any atom is -0.496 e. The zero-order valence-electron chi connectivity index (χ0n) is 23.8. The summed E-state index contributed by atoms with van der Waals surface area (Å²) in [7, 11) is 10.3. The average Bonchev–Trinajstić information content (AvgIpc) is 2.99. The third-order valence-electron chi connectivity index (χ3n) is 7.58. The fraction of sp³-hybridized carbons (Fsp3) is 0.312. The average molecular weight is 542 g/mol. The molecule has 2 aromatic carbocycles. The first-order valence-corrected chi connectivity index (χ1v) is 13.1. The van der Waals surface area contributed by atoms with Gasteiger partial charge in [0.15, 0.2) is 0 Å². The Labute approximate surface area is 235 Å². The number of aliphatic hydroxyl groups is 1. The van der Waals surface area contributed by atoms with Crippen molar-refractivity contribution in [3.8, 4) is 45.6 Å². The Morgan fingerprint density at radius 2 is 1.55 bits per heavy atom. The summed E-state index contributed by atoms with van der Waals surface area (Å²) in [5.74, 6) is 1.23. The Bertz CT molecular complexity index is 1510. The normalized spacial score (nSPS) is 17.6. The van der Waals surface area contributed by atoms with Crippen LogP contribution in [0.4, 0.5) is 0 Å². The molecule has 8 heteroatoms. The molecule has 208 valence electrons. The van der Waals surface area contributed by atoms with Gasteiger partial charge in [0.25, 0.3) is 0 Å². The Hall–Kier alpha value is -4.14. The van der Waals surface area contributed by atoms with Crippen LogP contribution in [0.5, 0.6) is 23.4 Å². The molecule has 0 bridgehead atoms. The quantitative estimate of drug-likeness (QED) is 0.312. The summed E-state index contributed by atoms with van der Waals surface area (Å²) in [6.07, 6.45) is 2.21. The number of benzene rings is 2. The second-order valence-electron chi connectivity index (χ2n) is 10.1. The van der Waals surface area contributed by atoms with Gasteiger partial charge in [0.2, 0.25) is 17.6 Å². The molecule has 2 heterocycles. The van der Waals surface area contributed by atoms with E-state index in [1.54, 1.807) is 40.7 Å². The van der Waals surface area contributed by atoms with E-state index in [4.69, 9.17) is 23.9 Å². The van der Waals surface area contributed by atoms with Crippen LogP contribution in [0.1, 0.15) is 29.0 Å². The van der Waals surface area contributed by atoms with E-state index >= 15 is 0 Å². The highest BCUT2D eigenvalue weighted by molar-refractivity contribution is 5.85. The molecule has 2 unspecified atom stereocenters. The van der Waals surface area contributed by atoms with Crippen LogP contribution in [-0.4, -0.2) is 69.1 Å². The molecule has 1 aliphatic carbocycles. The van der Waals surface area contributed by atoms with Gasteiger partial charge in [0, 0.05) is 47.0 Å². The van der Waals surface area contributed by atoms with Crippen LogP contribution in [0.2, 0.25) is 0 Å². The lowest BCUT2D eigenvalue weighted by atomic mass is 9.64. The Kier molecular flexibility index (Phi) is 7.65. The van der Waals surface area contributed by atoms with Crippen molar-refractivity contribution in [1.29, 1.82) is 0 Å². The molecule has 0 radical (unpaired) electrons. The highest BCUT2D eigenvalue weighted by Crippen LogP contribution is 2.59. The summed E-state index contributed by atoms with van der Waals surface area (Å²) >= 11 is 0. The van der Waals surface area contributed by atoms with Crippen molar-refractivity contribution in [3.63, 3.8) is 0 Å². The number of methoxy groups -OCH3 is 4. The predicted octanol–water partition coefficient (Wildman–Crippen LogP) is 5.13. The monoisotopic (exact) mass is 541 g/mol. The highest BCUT2D eigenvalue weighted by atomic mass is 16.5. The van der Waals surface area contributed by atoms with Gasteiger partial charge in [-0.3, -0.25) is 0 Å². The number of hydrogen-bond donors (Lipinski definition) is 1. The van der Waals surface area contributed by atoms with Gasteiger partial charge in [-0.2, -0.15) is 4.98 Å². The second kappa shape index (κ2) is 11.2. The van der Waals surface area contributed by atoms with E-state index in [0.717, 1.165) is 27.8 Å². The van der Waals surface area contributed by atoms with E-state index in [0.29, 0.717) is 47.5 Å². The van der Waals surface area contributed by atoms with Crippen LogP contribution < -0.4 is 18.9 Å². The van der Waals surface area contributed by atoms with Crippen LogP contribution in [0.15, 0.2) is 66.9 Å². The second-order valence-corrected chi connectivity index (χ2v) is 10.1. The molecule has 4 aromatic rings. The summed E-state index contributed by atoms with van der Waals surface area (Å²) in [5, 5.41) is 13.0. The lowest BCUT2D eigenvalue weighted by molar-refractivity contribution is 0.00213. The summed E-state index contributed by atoms with van der Waals surface area (Å²) < 4.78 is 23.1. The molecule has 2 aromatic heterocycles. The maximum atomic E-state index is 13.0. The number of nitrogens with zero attached hydrogens (tertiary/aromatic N) is 3. The maximum absolute atomic E-state index is 13.0. The third-order valence-corrected chi connectivity index (χ3v) is 7.58. The highest BCUT2D eigenvalue weighted by Gasteiger charge is 2.50. The Balaban J connectivity index is 1.88. The fourth-order valence-electron chi connectivity index (χ4n) is 5.71. The minimum absolute atomic E-state index is 0.346. The lowest BCUT2D eigenvalue weighted by Gasteiger charge is -2.44. The maximum Gasteiger partial charge on any atom is 0.224 e. The van der Waals surface area contributed by atoms with Gasteiger partial charge in [0.1, 0.15) is 11.4 Å². The molecule has 0 saturated heterocycles. The van der Waals surface area contributed by atoms with Crippen molar-refractivity contribution in [3.05, 3.63) is 83.6 Å². The number of rotatable bonds is 9. The smallest absolute Gasteiger partial charge is 0.224 e. The molecule has 1 N–H and O–H groups in total. The SMILES string of the molecule is COc1cc2c(c(OC)n1)-c1c(OC)cccc1C(c1cc(-c3ccccc3)cnc1OC)C2(O)CCN(C)C. The first kappa shape index (κ1) is 27.4. The minimum atomic E-state index is -1.41. The first-order valence-electron chi connectivity index (χ1n) is 13.1. The third kappa shape index (κ3) is 4.63. The zero-order valence-corrected chi connectivity index (χ0v) is 23.8. The summed E-state index contributed by atoms with van der Waals surface area (Å²) in [6, 6.07) is 19.8. The number of fused-ring (bicyclic) bond motifs is 3. The van der Waals surface area contributed by atoms with Crippen molar-refractivity contribution in [1.82, 2.24) is 14.9 Å². The topological polar surface area (TPSA) is 86.2 Å². The molecular formula is C32H35N3O5. The number of aromatic nitrogens is 2. The first-order chi connectivity index (χ1) is 19.4. The van der Waals surface area contributed by atoms with Gasteiger partial charge < -0.3 is 29.0 Å². The van der Waals surface area contributed by atoms with E-state index in [1.165, 1.54) is 0 Å². The van der Waals surface area contributed by atoms with E-state index in [9.17, 15) is 5.11 Å². The molecule has 8 nitrogen and oxygen atoms in total. The molecule has 40 heavy (non-hydrogen) atoms. The van der Waals surface area contributed by atoms with E-state index < -0.39 is 11.5 Å². The van der Waals surface area contributed by atoms with E-state index in [1.807, 2.05) is 62.6 Å². The van der Waals surface area contributed by atoms with E-state index in [-0.39, 0.29) is 0 Å². The van der Waals surface area contributed by atoms with E-state index in [2.05, 4.69) is 16.0 Å². The molecule has 0 saturated carbocycles. The van der Waals surface area contributed by atoms with Crippen molar-refractivity contribution < 1.29 is 24.1 Å². The van der Waals surface area contributed by atoms with Crippen molar-refractivity contribution >= 4 is 0 Å². The summed E-state index contributed by atoms with van der Waals surface area (Å²) in [4.78, 5) is 11.4. The van der Waals surface area contributed by atoms with Gasteiger partial charge in [-0.1, -0.05) is 42.5 Å². The van der Waals surface area contributed by atoms with Crippen molar-refractivity contribution in [2.45, 2.75) is 17.9 Å². The van der Waals surface area contributed by atoms with Crippen molar-refractivity contribution in [2.24, 2.45) is 0 Å². The van der Waals surface area contributed by atoms with Crippen molar-refractivity contribution in [2.75, 3.05) is 49.1 Å². The van der Waals surface area contributed by atoms with Gasteiger partial charge >= 0.3 is 0 Å².